The lowest BCUT2D eigenvalue weighted by molar-refractivity contribution is 0.628. The molecule has 0 unspecified atom stereocenters. The van der Waals surface area contributed by atoms with Crippen molar-refractivity contribution in [2.45, 2.75) is 20.3 Å². The van der Waals surface area contributed by atoms with Crippen LogP contribution in [0.3, 0.4) is 0 Å². The second-order valence-electron chi connectivity index (χ2n) is 3.78. The molecule has 0 amide bonds. The minimum absolute atomic E-state index is 0.254. The molecule has 0 spiro atoms. The van der Waals surface area contributed by atoms with E-state index in [1.807, 2.05) is 13.8 Å². The van der Waals surface area contributed by atoms with E-state index < -0.39 is 0 Å². The predicted octanol–water partition coefficient (Wildman–Crippen LogP) is 2.67. The third-order valence-corrected chi connectivity index (χ3v) is 2.72. The van der Waals surface area contributed by atoms with E-state index in [4.69, 9.17) is 5.73 Å². The summed E-state index contributed by atoms with van der Waals surface area (Å²) < 4.78 is 13.2. The Labute approximate surface area is 93.5 Å². The number of aryl methyl sites for hydroxylation is 1. The summed E-state index contributed by atoms with van der Waals surface area (Å²) in [7, 11) is 0. The van der Waals surface area contributed by atoms with Crippen molar-refractivity contribution < 1.29 is 4.39 Å². The number of aromatic nitrogens is 2. The van der Waals surface area contributed by atoms with E-state index in [2.05, 4.69) is 10.2 Å². The second kappa shape index (κ2) is 3.96. The lowest BCUT2D eigenvalue weighted by atomic mass is 10.0. The second-order valence-corrected chi connectivity index (χ2v) is 3.78. The topological polar surface area (TPSA) is 54.7 Å². The van der Waals surface area contributed by atoms with Gasteiger partial charge in [0, 0.05) is 11.1 Å². The zero-order chi connectivity index (χ0) is 11.7. The maximum atomic E-state index is 13.2. The van der Waals surface area contributed by atoms with Crippen LogP contribution in [0.2, 0.25) is 0 Å². The van der Waals surface area contributed by atoms with Crippen LogP contribution in [0.15, 0.2) is 18.2 Å². The molecule has 4 heteroatoms. The molecule has 1 heterocycles. The molecule has 1 aromatic heterocycles. The number of rotatable bonds is 2. The standard InChI is InChI=1S/C12H14FN3/c1-3-9-11(15-16-12(9)14)10-6-8(13)5-4-7(10)2/h4-6H,3H2,1-2H3,(H3,14,15,16). The highest BCUT2D eigenvalue weighted by molar-refractivity contribution is 5.70. The van der Waals surface area contributed by atoms with E-state index in [1.165, 1.54) is 12.1 Å². The van der Waals surface area contributed by atoms with E-state index >= 15 is 0 Å². The van der Waals surface area contributed by atoms with Crippen LogP contribution in [-0.2, 0) is 6.42 Å². The summed E-state index contributed by atoms with van der Waals surface area (Å²) in [6.07, 6.45) is 0.771. The van der Waals surface area contributed by atoms with Gasteiger partial charge in [-0.1, -0.05) is 13.0 Å². The van der Waals surface area contributed by atoms with Crippen molar-refractivity contribution in [1.82, 2.24) is 10.2 Å². The maximum Gasteiger partial charge on any atom is 0.149 e. The number of hydrogen-bond donors (Lipinski definition) is 2. The highest BCUT2D eigenvalue weighted by atomic mass is 19.1. The molecule has 2 rings (SSSR count). The molecule has 84 valence electrons. The molecule has 0 aliphatic rings. The van der Waals surface area contributed by atoms with Gasteiger partial charge in [0.25, 0.3) is 0 Å². The molecule has 0 saturated heterocycles. The Morgan fingerprint density at radius 3 is 2.88 bits per heavy atom. The normalized spacial score (nSPS) is 10.7. The number of halogens is 1. The van der Waals surface area contributed by atoms with Gasteiger partial charge >= 0.3 is 0 Å². The fraction of sp³-hybridized carbons (Fsp3) is 0.250. The number of nitrogens with two attached hydrogens (primary N) is 1. The first-order valence-corrected chi connectivity index (χ1v) is 5.22. The Kier molecular flexibility index (Phi) is 2.64. The van der Waals surface area contributed by atoms with Gasteiger partial charge in [0.15, 0.2) is 0 Å². The number of benzene rings is 1. The van der Waals surface area contributed by atoms with Crippen molar-refractivity contribution in [2.75, 3.05) is 5.73 Å². The zero-order valence-electron chi connectivity index (χ0n) is 9.34. The van der Waals surface area contributed by atoms with Gasteiger partial charge in [-0.25, -0.2) is 4.39 Å². The van der Waals surface area contributed by atoms with E-state index in [-0.39, 0.29) is 5.82 Å². The molecular formula is C12H14FN3. The number of aromatic amines is 1. The van der Waals surface area contributed by atoms with Crippen LogP contribution in [0, 0.1) is 12.7 Å². The predicted molar refractivity (Wildman–Crippen MR) is 62.5 cm³/mol. The molecular weight excluding hydrogens is 205 g/mol. The fourth-order valence-electron chi connectivity index (χ4n) is 1.82. The number of anilines is 1. The fourth-order valence-corrected chi connectivity index (χ4v) is 1.82. The molecule has 0 aliphatic heterocycles. The van der Waals surface area contributed by atoms with E-state index in [0.29, 0.717) is 5.82 Å². The monoisotopic (exact) mass is 219 g/mol. The molecule has 0 aliphatic carbocycles. The van der Waals surface area contributed by atoms with Crippen LogP contribution >= 0.6 is 0 Å². The minimum Gasteiger partial charge on any atom is -0.382 e. The lowest BCUT2D eigenvalue weighted by Gasteiger charge is -2.05. The van der Waals surface area contributed by atoms with Crippen LogP contribution in [0.1, 0.15) is 18.1 Å². The Morgan fingerprint density at radius 1 is 1.44 bits per heavy atom. The summed E-state index contributed by atoms with van der Waals surface area (Å²) in [5.41, 5.74) is 9.32. The van der Waals surface area contributed by atoms with E-state index in [0.717, 1.165) is 28.8 Å². The van der Waals surface area contributed by atoms with Crippen molar-refractivity contribution in [3.8, 4) is 11.3 Å². The molecule has 16 heavy (non-hydrogen) atoms. The molecule has 3 nitrogen and oxygen atoms in total. The SMILES string of the molecule is CCc1c(N)n[nH]c1-c1cc(F)ccc1C. The summed E-state index contributed by atoms with van der Waals surface area (Å²) in [6, 6.07) is 4.70. The number of nitrogens with one attached hydrogen (secondary N) is 1. The van der Waals surface area contributed by atoms with Gasteiger partial charge in [-0.3, -0.25) is 5.10 Å². The van der Waals surface area contributed by atoms with Crippen LogP contribution in [-0.4, -0.2) is 10.2 Å². The average molecular weight is 219 g/mol. The molecule has 0 bridgehead atoms. The van der Waals surface area contributed by atoms with E-state index in [9.17, 15) is 4.39 Å². The van der Waals surface area contributed by atoms with Gasteiger partial charge in [0.05, 0.1) is 5.69 Å². The summed E-state index contributed by atoms with van der Waals surface area (Å²) in [6.45, 7) is 3.94. The van der Waals surface area contributed by atoms with E-state index in [1.54, 1.807) is 6.07 Å². The molecule has 1 aromatic carbocycles. The zero-order valence-corrected chi connectivity index (χ0v) is 9.34. The average Bonchev–Trinajstić information content (AvgIpc) is 2.63. The first-order valence-electron chi connectivity index (χ1n) is 5.22. The minimum atomic E-state index is -0.254. The van der Waals surface area contributed by atoms with Crippen LogP contribution < -0.4 is 5.73 Å². The van der Waals surface area contributed by atoms with Crippen molar-refractivity contribution in [1.29, 1.82) is 0 Å². The lowest BCUT2D eigenvalue weighted by Crippen LogP contribution is -1.92. The third kappa shape index (κ3) is 1.66. The van der Waals surface area contributed by atoms with Gasteiger partial charge in [-0.05, 0) is 31.0 Å². The summed E-state index contributed by atoms with van der Waals surface area (Å²) in [5, 5.41) is 6.83. The molecule has 0 atom stereocenters. The highest BCUT2D eigenvalue weighted by Crippen LogP contribution is 2.28. The van der Waals surface area contributed by atoms with Gasteiger partial charge in [-0.2, -0.15) is 5.10 Å². The molecule has 2 aromatic rings. The van der Waals surface area contributed by atoms with Gasteiger partial charge in [-0.15, -0.1) is 0 Å². The van der Waals surface area contributed by atoms with Gasteiger partial charge in [0.2, 0.25) is 0 Å². The Bertz CT molecular complexity index is 517. The number of nitrogen functional groups attached to an aromatic ring is 1. The van der Waals surface area contributed by atoms with Crippen LogP contribution in [0.4, 0.5) is 10.2 Å². The number of H-pyrrole nitrogens is 1. The smallest absolute Gasteiger partial charge is 0.149 e. The number of hydrogen-bond acceptors (Lipinski definition) is 2. The van der Waals surface area contributed by atoms with Gasteiger partial charge < -0.3 is 5.73 Å². The largest absolute Gasteiger partial charge is 0.382 e. The van der Waals surface area contributed by atoms with Gasteiger partial charge in [0.1, 0.15) is 11.6 Å². The molecule has 0 fully saturated rings. The first kappa shape index (κ1) is 10.7. The maximum absolute atomic E-state index is 13.2. The quantitative estimate of drug-likeness (QED) is 0.815. The van der Waals surface area contributed by atoms with Crippen LogP contribution in [0.5, 0.6) is 0 Å². The summed E-state index contributed by atoms with van der Waals surface area (Å²) in [5.74, 6) is 0.233. The summed E-state index contributed by atoms with van der Waals surface area (Å²) >= 11 is 0. The van der Waals surface area contributed by atoms with Crippen molar-refractivity contribution >= 4 is 5.82 Å². The Hall–Kier alpha value is -1.84. The van der Waals surface area contributed by atoms with Crippen molar-refractivity contribution in [3.05, 3.63) is 35.1 Å². The van der Waals surface area contributed by atoms with Crippen molar-refractivity contribution in [3.63, 3.8) is 0 Å². The van der Waals surface area contributed by atoms with Crippen LogP contribution in [0.25, 0.3) is 11.3 Å². The first-order chi connectivity index (χ1) is 7.63. The molecule has 0 saturated carbocycles. The highest BCUT2D eigenvalue weighted by Gasteiger charge is 2.13. The third-order valence-electron chi connectivity index (χ3n) is 2.72. The number of nitrogens with zero attached hydrogens (tertiary/aromatic N) is 1. The summed E-state index contributed by atoms with van der Waals surface area (Å²) in [4.78, 5) is 0. The molecule has 0 radical (unpaired) electrons. The Balaban J connectivity index is 2.62. The van der Waals surface area contributed by atoms with Crippen molar-refractivity contribution in [2.24, 2.45) is 0 Å². The molecule has 3 N–H and O–H groups in total. The Morgan fingerprint density at radius 2 is 2.19 bits per heavy atom.